The summed E-state index contributed by atoms with van der Waals surface area (Å²) in [7, 11) is 0. The van der Waals surface area contributed by atoms with Crippen LogP contribution in [0.5, 0.6) is 0 Å². The van der Waals surface area contributed by atoms with Crippen molar-refractivity contribution in [2.75, 3.05) is 6.54 Å². The second kappa shape index (κ2) is 6.01. The molecule has 1 aliphatic rings. The summed E-state index contributed by atoms with van der Waals surface area (Å²) in [6, 6.07) is 11.0. The zero-order valence-corrected chi connectivity index (χ0v) is 11.1. The van der Waals surface area contributed by atoms with E-state index in [0.29, 0.717) is 18.4 Å². The van der Waals surface area contributed by atoms with Gasteiger partial charge in [0.1, 0.15) is 0 Å². The lowest BCUT2D eigenvalue weighted by Crippen LogP contribution is -2.34. The van der Waals surface area contributed by atoms with Gasteiger partial charge in [0.15, 0.2) is 0 Å². The lowest BCUT2D eigenvalue weighted by Gasteiger charge is -2.12. The highest BCUT2D eigenvalue weighted by atomic mass is 16.1. The third-order valence-corrected chi connectivity index (χ3v) is 3.41. The summed E-state index contributed by atoms with van der Waals surface area (Å²) in [6.45, 7) is 5.01. The molecular weight excluding hydrogens is 224 g/mol. The molecular formula is C15H22N2O. The van der Waals surface area contributed by atoms with E-state index in [1.54, 1.807) is 0 Å². The maximum Gasteiger partial charge on any atom is 0.221 e. The van der Waals surface area contributed by atoms with E-state index >= 15 is 0 Å². The molecule has 0 spiro atoms. The summed E-state index contributed by atoms with van der Waals surface area (Å²) in [6.07, 6.45) is 1.64. The molecule has 2 N–H and O–H groups in total. The van der Waals surface area contributed by atoms with E-state index in [1.165, 1.54) is 5.56 Å². The molecule has 0 bridgehead atoms. The predicted octanol–water partition coefficient (Wildman–Crippen LogP) is 2.05. The van der Waals surface area contributed by atoms with Crippen LogP contribution >= 0.6 is 0 Å². The van der Waals surface area contributed by atoms with E-state index in [9.17, 15) is 4.79 Å². The van der Waals surface area contributed by atoms with Crippen LogP contribution < -0.4 is 10.6 Å². The van der Waals surface area contributed by atoms with E-state index in [1.807, 2.05) is 13.0 Å². The second-order valence-corrected chi connectivity index (χ2v) is 5.09. The maximum absolute atomic E-state index is 11.8. The van der Waals surface area contributed by atoms with E-state index in [-0.39, 0.29) is 11.9 Å². The molecule has 18 heavy (non-hydrogen) atoms. The van der Waals surface area contributed by atoms with Crippen LogP contribution in [0.4, 0.5) is 0 Å². The minimum absolute atomic E-state index is 0.159. The summed E-state index contributed by atoms with van der Waals surface area (Å²) in [4.78, 5) is 11.8. The Morgan fingerprint density at radius 2 is 2.11 bits per heavy atom. The standard InChI is InChI=1S/C15H22N2O/c1-3-16-11(2)9-15(18)17-14-10-13(14)12-7-5-4-6-8-12/h4-8,11,13-14,16H,3,9-10H2,1-2H3,(H,17,18). The molecule has 3 atom stereocenters. The van der Waals surface area contributed by atoms with Crippen LogP contribution in [0.3, 0.4) is 0 Å². The topological polar surface area (TPSA) is 41.1 Å². The average molecular weight is 246 g/mol. The SMILES string of the molecule is CCNC(C)CC(=O)NC1CC1c1ccccc1. The van der Waals surface area contributed by atoms with Crippen molar-refractivity contribution in [2.45, 2.75) is 44.7 Å². The molecule has 1 fully saturated rings. The summed E-state index contributed by atoms with van der Waals surface area (Å²) >= 11 is 0. The Morgan fingerprint density at radius 1 is 1.39 bits per heavy atom. The number of hydrogen-bond acceptors (Lipinski definition) is 2. The number of rotatable bonds is 6. The van der Waals surface area contributed by atoms with Gasteiger partial charge in [0.05, 0.1) is 0 Å². The van der Waals surface area contributed by atoms with Crippen molar-refractivity contribution in [3.05, 3.63) is 35.9 Å². The van der Waals surface area contributed by atoms with Crippen LogP contribution in [0.2, 0.25) is 0 Å². The van der Waals surface area contributed by atoms with E-state index < -0.39 is 0 Å². The molecule has 98 valence electrons. The Morgan fingerprint density at radius 3 is 2.78 bits per heavy atom. The average Bonchev–Trinajstić information content (AvgIpc) is 3.09. The second-order valence-electron chi connectivity index (χ2n) is 5.09. The summed E-state index contributed by atoms with van der Waals surface area (Å²) in [5, 5.41) is 6.36. The minimum Gasteiger partial charge on any atom is -0.353 e. The van der Waals surface area contributed by atoms with Gasteiger partial charge in [0.25, 0.3) is 0 Å². The van der Waals surface area contributed by atoms with Gasteiger partial charge in [0.2, 0.25) is 5.91 Å². The van der Waals surface area contributed by atoms with Gasteiger partial charge in [-0.15, -0.1) is 0 Å². The van der Waals surface area contributed by atoms with Gasteiger partial charge in [-0.3, -0.25) is 4.79 Å². The van der Waals surface area contributed by atoms with Crippen molar-refractivity contribution >= 4 is 5.91 Å². The fourth-order valence-corrected chi connectivity index (χ4v) is 2.39. The molecule has 0 heterocycles. The number of carbonyl (C=O) groups excluding carboxylic acids is 1. The fourth-order valence-electron chi connectivity index (χ4n) is 2.39. The Bertz CT molecular complexity index is 391. The van der Waals surface area contributed by atoms with Crippen LogP contribution in [0, 0.1) is 0 Å². The maximum atomic E-state index is 11.8. The smallest absolute Gasteiger partial charge is 0.221 e. The molecule has 3 unspecified atom stereocenters. The van der Waals surface area contributed by atoms with Crippen molar-refractivity contribution < 1.29 is 4.79 Å². The summed E-state index contributed by atoms with van der Waals surface area (Å²) in [5.41, 5.74) is 1.34. The molecule has 0 aliphatic heterocycles. The van der Waals surface area contributed by atoms with Crippen molar-refractivity contribution in [1.82, 2.24) is 10.6 Å². The molecule has 1 amide bonds. The zero-order valence-electron chi connectivity index (χ0n) is 11.1. The van der Waals surface area contributed by atoms with Gasteiger partial charge in [-0.2, -0.15) is 0 Å². The Hall–Kier alpha value is -1.35. The lowest BCUT2D eigenvalue weighted by atomic mass is 10.1. The number of nitrogens with one attached hydrogen (secondary N) is 2. The van der Waals surface area contributed by atoms with Gasteiger partial charge in [-0.1, -0.05) is 37.3 Å². The summed E-state index contributed by atoms with van der Waals surface area (Å²) in [5.74, 6) is 0.677. The summed E-state index contributed by atoms with van der Waals surface area (Å²) < 4.78 is 0. The first-order valence-corrected chi connectivity index (χ1v) is 6.78. The fraction of sp³-hybridized carbons (Fsp3) is 0.533. The molecule has 2 rings (SSSR count). The Balaban J connectivity index is 1.74. The van der Waals surface area contributed by atoms with E-state index in [2.05, 4.69) is 41.8 Å². The van der Waals surface area contributed by atoms with Gasteiger partial charge in [-0.25, -0.2) is 0 Å². The Labute approximate surface area is 109 Å². The normalized spacial score (nSPS) is 23.4. The van der Waals surface area contributed by atoms with E-state index in [0.717, 1.165) is 13.0 Å². The van der Waals surface area contributed by atoms with Gasteiger partial charge < -0.3 is 10.6 Å². The minimum atomic E-state index is 0.159. The molecule has 1 aliphatic carbocycles. The van der Waals surface area contributed by atoms with Crippen molar-refractivity contribution in [2.24, 2.45) is 0 Å². The van der Waals surface area contributed by atoms with Gasteiger partial charge in [0, 0.05) is 24.4 Å². The molecule has 1 aromatic carbocycles. The molecule has 0 aromatic heterocycles. The number of carbonyl (C=O) groups is 1. The van der Waals surface area contributed by atoms with E-state index in [4.69, 9.17) is 0 Å². The quantitative estimate of drug-likeness (QED) is 0.806. The van der Waals surface area contributed by atoms with Crippen molar-refractivity contribution in [3.8, 4) is 0 Å². The third-order valence-electron chi connectivity index (χ3n) is 3.41. The highest BCUT2D eigenvalue weighted by Gasteiger charge is 2.39. The lowest BCUT2D eigenvalue weighted by molar-refractivity contribution is -0.121. The molecule has 1 saturated carbocycles. The first kappa shape index (κ1) is 13.1. The molecule has 3 nitrogen and oxygen atoms in total. The number of benzene rings is 1. The molecule has 1 aromatic rings. The van der Waals surface area contributed by atoms with Crippen molar-refractivity contribution in [3.63, 3.8) is 0 Å². The number of hydrogen-bond donors (Lipinski definition) is 2. The van der Waals surface area contributed by atoms with Gasteiger partial charge >= 0.3 is 0 Å². The van der Waals surface area contributed by atoms with Crippen LogP contribution in [-0.2, 0) is 4.79 Å². The van der Waals surface area contributed by atoms with Gasteiger partial charge in [-0.05, 0) is 25.5 Å². The predicted molar refractivity (Wildman–Crippen MR) is 73.5 cm³/mol. The van der Waals surface area contributed by atoms with Crippen molar-refractivity contribution in [1.29, 1.82) is 0 Å². The van der Waals surface area contributed by atoms with Crippen LogP contribution in [0.15, 0.2) is 30.3 Å². The first-order valence-electron chi connectivity index (χ1n) is 6.78. The third kappa shape index (κ3) is 3.57. The van der Waals surface area contributed by atoms with Crippen LogP contribution in [-0.4, -0.2) is 24.5 Å². The monoisotopic (exact) mass is 246 g/mol. The highest BCUT2D eigenvalue weighted by Crippen LogP contribution is 2.40. The largest absolute Gasteiger partial charge is 0.353 e. The van der Waals surface area contributed by atoms with Crippen LogP contribution in [0.25, 0.3) is 0 Å². The molecule has 0 radical (unpaired) electrons. The highest BCUT2D eigenvalue weighted by molar-refractivity contribution is 5.77. The molecule has 0 saturated heterocycles. The zero-order chi connectivity index (χ0) is 13.0. The van der Waals surface area contributed by atoms with Crippen LogP contribution in [0.1, 0.15) is 38.2 Å². The first-order chi connectivity index (χ1) is 8.70. The molecule has 3 heteroatoms. The Kier molecular flexibility index (Phi) is 4.37. The number of amides is 1.